The second-order valence-corrected chi connectivity index (χ2v) is 6.08. The molecule has 6 heteroatoms. The van der Waals surface area contributed by atoms with Crippen molar-refractivity contribution in [1.29, 1.82) is 0 Å². The van der Waals surface area contributed by atoms with Gasteiger partial charge in [-0.3, -0.25) is 4.79 Å². The van der Waals surface area contributed by atoms with Crippen LogP contribution in [0.4, 0.5) is 0 Å². The zero-order chi connectivity index (χ0) is 15.5. The summed E-state index contributed by atoms with van der Waals surface area (Å²) in [7, 11) is 3.10. The topological polar surface area (TPSA) is 81.8 Å². The lowest BCUT2D eigenvalue weighted by Gasteiger charge is -2.25. The average Bonchev–Trinajstić information content (AvgIpc) is 2.37. The Morgan fingerprint density at radius 1 is 1.35 bits per heavy atom. The predicted octanol–water partition coefficient (Wildman–Crippen LogP) is 2.97. The molecule has 0 radical (unpaired) electrons. The largest absolute Gasteiger partial charge is 0.493 e. The van der Waals surface area contributed by atoms with Gasteiger partial charge >= 0.3 is 5.97 Å². The molecule has 3 N–H and O–H groups in total. The molecule has 0 heterocycles. The molecule has 0 bridgehead atoms. The molecule has 1 unspecified atom stereocenters. The van der Waals surface area contributed by atoms with Crippen LogP contribution in [0.2, 0.25) is 0 Å². The molecule has 1 aromatic carbocycles. The summed E-state index contributed by atoms with van der Waals surface area (Å²) in [4.78, 5) is 11.2. The van der Waals surface area contributed by atoms with E-state index in [-0.39, 0.29) is 0 Å². The van der Waals surface area contributed by atoms with Crippen LogP contribution in [0.1, 0.15) is 31.9 Å². The maximum atomic E-state index is 11.2. The van der Waals surface area contributed by atoms with Crippen molar-refractivity contribution in [3.63, 3.8) is 0 Å². The van der Waals surface area contributed by atoms with Gasteiger partial charge in [-0.25, -0.2) is 0 Å². The van der Waals surface area contributed by atoms with Crippen LogP contribution < -0.4 is 15.2 Å². The highest BCUT2D eigenvalue weighted by Gasteiger charge is 2.31. The highest BCUT2D eigenvalue weighted by atomic mass is 79.9. The minimum absolute atomic E-state index is 0.316. The summed E-state index contributed by atoms with van der Waals surface area (Å²) in [6, 6.07) is 3.11. The van der Waals surface area contributed by atoms with Crippen molar-refractivity contribution < 1.29 is 19.4 Å². The molecule has 0 saturated carbocycles. The molecule has 0 aliphatic heterocycles. The fourth-order valence-electron chi connectivity index (χ4n) is 1.90. The predicted molar refractivity (Wildman–Crippen MR) is 80.2 cm³/mol. The second kappa shape index (κ2) is 6.45. The molecule has 0 spiro atoms. The van der Waals surface area contributed by atoms with Gasteiger partial charge in [0, 0.05) is 10.5 Å². The molecule has 0 amide bonds. The summed E-state index contributed by atoms with van der Waals surface area (Å²) in [5, 5.41) is 9.18. The van der Waals surface area contributed by atoms with Gasteiger partial charge in [0.05, 0.1) is 19.6 Å². The van der Waals surface area contributed by atoms with Gasteiger partial charge in [0.25, 0.3) is 0 Å². The van der Waals surface area contributed by atoms with Crippen molar-refractivity contribution in [2.24, 2.45) is 11.1 Å². The number of halogens is 1. The van der Waals surface area contributed by atoms with E-state index in [2.05, 4.69) is 15.9 Å². The summed E-state index contributed by atoms with van der Waals surface area (Å²) < 4.78 is 11.2. The Hall–Kier alpha value is -1.27. The first-order valence-electron chi connectivity index (χ1n) is 6.13. The summed E-state index contributed by atoms with van der Waals surface area (Å²) in [6.07, 6.45) is 0.316. The van der Waals surface area contributed by atoms with E-state index >= 15 is 0 Å². The third kappa shape index (κ3) is 3.64. The monoisotopic (exact) mass is 345 g/mol. The van der Waals surface area contributed by atoms with Gasteiger partial charge in [-0.05, 0) is 38.0 Å². The zero-order valence-electron chi connectivity index (χ0n) is 12.1. The molecule has 0 saturated heterocycles. The van der Waals surface area contributed by atoms with Crippen molar-refractivity contribution in [2.75, 3.05) is 14.2 Å². The Labute approximate surface area is 127 Å². The van der Waals surface area contributed by atoms with E-state index in [1.807, 2.05) is 0 Å². The van der Waals surface area contributed by atoms with Crippen molar-refractivity contribution in [1.82, 2.24) is 0 Å². The van der Waals surface area contributed by atoms with Crippen molar-refractivity contribution in [2.45, 2.75) is 26.3 Å². The van der Waals surface area contributed by atoms with Gasteiger partial charge < -0.3 is 20.3 Å². The van der Waals surface area contributed by atoms with E-state index in [9.17, 15) is 9.90 Å². The molecule has 112 valence electrons. The van der Waals surface area contributed by atoms with Crippen LogP contribution in [0.5, 0.6) is 11.5 Å². The van der Waals surface area contributed by atoms with E-state index in [4.69, 9.17) is 15.2 Å². The highest BCUT2D eigenvalue weighted by Crippen LogP contribution is 2.38. The quantitative estimate of drug-likeness (QED) is 0.828. The van der Waals surface area contributed by atoms with Crippen molar-refractivity contribution in [3.05, 3.63) is 22.2 Å². The molecular weight excluding hydrogens is 326 g/mol. The van der Waals surface area contributed by atoms with Crippen LogP contribution in [0.15, 0.2) is 16.6 Å². The smallest absolute Gasteiger partial charge is 0.309 e. The van der Waals surface area contributed by atoms with Gasteiger partial charge in [-0.2, -0.15) is 0 Å². The number of carbonyl (C=O) groups is 1. The van der Waals surface area contributed by atoms with Gasteiger partial charge in [0.1, 0.15) is 0 Å². The Kier molecular flexibility index (Phi) is 5.42. The number of aliphatic carboxylic acids is 1. The molecule has 0 aromatic heterocycles. The molecule has 1 aromatic rings. The van der Waals surface area contributed by atoms with Gasteiger partial charge in [0.2, 0.25) is 0 Å². The van der Waals surface area contributed by atoms with Crippen LogP contribution in [0, 0.1) is 5.41 Å². The average molecular weight is 346 g/mol. The number of carboxylic acid groups (broad SMARTS) is 1. The Morgan fingerprint density at radius 2 is 1.85 bits per heavy atom. The van der Waals surface area contributed by atoms with E-state index in [1.165, 1.54) is 0 Å². The summed E-state index contributed by atoms with van der Waals surface area (Å²) >= 11 is 3.43. The maximum Gasteiger partial charge on any atom is 0.309 e. The number of hydrogen-bond acceptors (Lipinski definition) is 4. The van der Waals surface area contributed by atoms with Crippen LogP contribution in [0.3, 0.4) is 0 Å². The molecule has 0 aliphatic carbocycles. The molecular formula is C14H20BrNO4. The fourth-order valence-corrected chi connectivity index (χ4v) is 2.52. The Morgan fingerprint density at radius 3 is 2.30 bits per heavy atom. The highest BCUT2D eigenvalue weighted by molar-refractivity contribution is 9.10. The number of benzene rings is 1. The second-order valence-electron chi connectivity index (χ2n) is 5.23. The van der Waals surface area contributed by atoms with E-state index in [0.29, 0.717) is 17.9 Å². The number of carboxylic acids is 1. The molecule has 20 heavy (non-hydrogen) atoms. The molecule has 0 aliphatic rings. The first kappa shape index (κ1) is 16.8. The summed E-state index contributed by atoms with van der Waals surface area (Å²) in [5.41, 5.74) is 6.04. The third-order valence-corrected chi connectivity index (χ3v) is 3.90. The molecule has 1 rings (SSSR count). The molecule has 1 atom stereocenters. The normalized spacial score (nSPS) is 12.9. The van der Waals surface area contributed by atoms with Gasteiger partial charge in [-0.1, -0.05) is 15.9 Å². The Balaban J connectivity index is 3.10. The lowest BCUT2D eigenvalue weighted by atomic mass is 9.84. The maximum absolute atomic E-state index is 11.2. The van der Waals surface area contributed by atoms with E-state index in [0.717, 1.165) is 10.0 Å². The van der Waals surface area contributed by atoms with Crippen LogP contribution in [-0.4, -0.2) is 25.3 Å². The molecule has 5 nitrogen and oxygen atoms in total. The summed E-state index contributed by atoms with van der Waals surface area (Å²) in [5.74, 6) is 0.284. The lowest BCUT2D eigenvalue weighted by Crippen LogP contribution is -2.29. The van der Waals surface area contributed by atoms with Crippen LogP contribution in [0.25, 0.3) is 0 Å². The number of hydrogen-bond donors (Lipinski definition) is 2. The van der Waals surface area contributed by atoms with Crippen LogP contribution >= 0.6 is 15.9 Å². The molecule has 0 fully saturated rings. The summed E-state index contributed by atoms with van der Waals surface area (Å²) in [6.45, 7) is 3.31. The number of nitrogens with two attached hydrogens (primary N) is 1. The van der Waals surface area contributed by atoms with E-state index in [1.54, 1.807) is 40.2 Å². The SMILES string of the molecule is COc1cc(Br)c(C(N)CC(C)(C)C(=O)O)cc1OC. The number of ether oxygens (including phenoxy) is 2. The minimum atomic E-state index is -0.897. The fraction of sp³-hybridized carbons (Fsp3) is 0.500. The number of rotatable bonds is 6. The van der Waals surface area contributed by atoms with Crippen molar-refractivity contribution >= 4 is 21.9 Å². The Bertz CT molecular complexity index is 502. The zero-order valence-corrected chi connectivity index (χ0v) is 13.7. The van der Waals surface area contributed by atoms with Crippen LogP contribution in [-0.2, 0) is 4.79 Å². The van der Waals surface area contributed by atoms with Gasteiger partial charge in [-0.15, -0.1) is 0 Å². The third-order valence-electron chi connectivity index (χ3n) is 3.21. The first-order chi connectivity index (χ1) is 9.22. The number of methoxy groups -OCH3 is 2. The lowest BCUT2D eigenvalue weighted by molar-refractivity contribution is -0.147. The first-order valence-corrected chi connectivity index (χ1v) is 6.92. The van der Waals surface area contributed by atoms with E-state index < -0.39 is 17.4 Å². The standard InChI is InChI=1S/C14H20BrNO4/c1-14(2,13(17)18)7-10(16)8-5-11(19-3)12(20-4)6-9(8)15/h5-6,10H,7,16H2,1-4H3,(H,17,18). The van der Waals surface area contributed by atoms with Gasteiger partial charge in [0.15, 0.2) is 11.5 Å². The minimum Gasteiger partial charge on any atom is -0.493 e. The van der Waals surface area contributed by atoms with Crippen molar-refractivity contribution in [3.8, 4) is 11.5 Å².